The van der Waals surface area contributed by atoms with Crippen LogP contribution in [0.1, 0.15) is 29.0 Å². The number of amides is 1. The van der Waals surface area contributed by atoms with Crippen molar-refractivity contribution >= 4 is 5.91 Å². The Morgan fingerprint density at radius 3 is 2.86 bits per heavy atom. The molecular formula is C14H18N6O2. The van der Waals surface area contributed by atoms with Crippen LogP contribution in [0.2, 0.25) is 0 Å². The molecule has 0 N–H and O–H groups in total. The van der Waals surface area contributed by atoms with Gasteiger partial charge in [-0.2, -0.15) is 5.10 Å². The molecule has 1 aliphatic rings. The molecular weight excluding hydrogens is 284 g/mol. The van der Waals surface area contributed by atoms with Gasteiger partial charge >= 0.3 is 0 Å². The van der Waals surface area contributed by atoms with E-state index in [1.165, 1.54) is 4.68 Å². The summed E-state index contributed by atoms with van der Waals surface area (Å²) in [6.45, 7) is 3.10. The predicted molar refractivity (Wildman–Crippen MR) is 77.3 cm³/mol. The lowest BCUT2D eigenvalue weighted by Crippen LogP contribution is -2.44. The Hall–Kier alpha value is -2.51. The van der Waals surface area contributed by atoms with E-state index in [9.17, 15) is 4.79 Å². The highest BCUT2D eigenvalue weighted by atomic mass is 16.5. The van der Waals surface area contributed by atoms with Gasteiger partial charge in [-0.1, -0.05) is 5.21 Å². The van der Waals surface area contributed by atoms with Crippen LogP contribution in [-0.4, -0.2) is 55.2 Å². The van der Waals surface area contributed by atoms with E-state index < -0.39 is 0 Å². The first kappa shape index (κ1) is 14.4. The van der Waals surface area contributed by atoms with Crippen molar-refractivity contribution in [1.82, 2.24) is 30.1 Å². The molecule has 3 heterocycles. The van der Waals surface area contributed by atoms with E-state index in [0.717, 1.165) is 18.5 Å². The lowest BCUT2D eigenvalue weighted by molar-refractivity contribution is 0.0520. The number of nitrogens with zero attached hydrogens (tertiary/aromatic N) is 6. The maximum atomic E-state index is 12.4. The fraction of sp³-hybridized carbons (Fsp3) is 0.500. The minimum absolute atomic E-state index is 0.0774. The van der Waals surface area contributed by atoms with Crippen molar-refractivity contribution in [1.29, 1.82) is 0 Å². The molecule has 2 aromatic rings. The van der Waals surface area contributed by atoms with Crippen molar-refractivity contribution < 1.29 is 9.53 Å². The molecule has 3 rings (SSSR count). The molecule has 0 saturated carbocycles. The first-order chi connectivity index (χ1) is 10.6. The Morgan fingerprint density at radius 1 is 1.32 bits per heavy atom. The Morgan fingerprint density at radius 2 is 2.18 bits per heavy atom. The molecule has 8 nitrogen and oxygen atoms in total. The van der Waals surface area contributed by atoms with Gasteiger partial charge in [0.15, 0.2) is 5.69 Å². The highest BCUT2D eigenvalue weighted by Gasteiger charge is 2.27. The topological polar surface area (TPSA) is 86.0 Å². The maximum absolute atomic E-state index is 12.4. The van der Waals surface area contributed by atoms with Gasteiger partial charge in [-0.3, -0.25) is 9.48 Å². The number of hydrogen-bond donors (Lipinski definition) is 0. The molecule has 8 heteroatoms. The molecule has 1 fully saturated rings. The first-order valence-corrected chi connectivity index (χ1v) is 7.24. The Kier molecular flexibility index (Phi) is 3.99. The second kappa shape index (κ2) is 6.08. The van der Waals surface area contributed by atoms with Crippen molar-refractivity contribution in [3.05, 3.63) is 29.7 Å². The third-order valence-electron chi connectivity index (χ3n) is 3.55. The number of ether oxygens (including phenoxy) is 1. The lowest BCUT2D eigenvalue weighted by Gasteiger charge is -2.32. The zero-order valence-electron chi connectivity index (χ0n) is 12.6. The molecule has 1 saturated heterocycles. The molecule has 1 aliphatic heterocycles. The summed E-state index contributed by atoms with van der Waals surface area (Å²) >= 11 is 0. The number of likely N-dealkylation sites (tertiary alicyclic amines) is 1. The van der Waals surface area contributed by atoms with Crippen LogP contribution in [0.3, 0.4) is 0 Å². The quantitative estimate of drug-likeness (QED) is 0.825. The summed E-state index contributed by atoms with van der Waals surface area (Å²) in [5, 5.41) is 15.6. The summed E-state index contributed by atoms with van der Waals surface area (Å²) in [4.78, 5) is 14.1. The summed E-state index contributed by atoms with van der Waals surface area (Å²) in [7, 11) is 1.74. The molecule has 1 atom stereocenters. The summed E-state index contributed by atoms with van der Waals surface area (Å²) in [5.74, 6) is 0.376. The standard InChI is InChI=1S/C14H18N6O2/c1-10-5-6-13(17-15-10)22-11-4-3-7-20(8-11)14(21)12-9-19(2)18-16-12/h5-6,9,11H,3-4,7-8H2,1-2H3. The maximum Gasteiger partial charge on any atom is 0.276 e. The molecule has 0 radical (unpaired) electrons. The third kappa shape index (κ3) is 3.21. The number of rotatable bonds is 3. The van der Waals surface area contributed by atoms with Crippen LogP contribution in [0.15, 0.2) is 18.3 Å². The average molecular weight is 302 g/mol. The Labute approximate surface area is 128 Å². The number of aryl methyl sites for hydroxylation is 2. The number of aromatic nitrogens is 5. The van der Waals surface area contributed by atoms with Gasteiger partial charge in [0.25, 0.3) is 5.91 Å². The smallest absolute Gasteiger partial charge is 0.276 e. The van der Waals surface area contributed by atoms with E-state index in [1.54, 1.807) is 24.2 Å². The highest BCUT2D eigenvalue weighted by molar-refractivity contribution is 5.92. The highest BCUT2D eigenvalue weighted by Crippen LogP contribution is 2.17. The molecule has 2 aromatic heterocycles. The number of hydrogen-bond acceptors (Lipinski definition) is 6. The van der Waals surface area contributed by atoms with Crippen molar-refractivity contribution in [3.8, 4) is 5.88 Å². The normalized spacial score (nSPS) is 18.3. The predicted octanol–water partition coefficient (Wildman–Crippen LogP) is 0.597. The Balaban J connectivity index is 1.63. The van der Waals surface area contributed by atoms with Crippen molar-refractivity contribution in [2.24, 2.45) is 7.05 Å². The monoisotopic (exact) mass is 302 g/mol. The number of carbonyl (C=O) groups excluding carboxylic acids is 1. The zero-order valence-corrected chi connectivity index (χ0v) is 12.6. The van der Waals surface area contributed by atoms with Crippen molar-refractivity contribution in [2.75, 3.05) is 13.1 Å². The van der Waals surface area contributed by atoms with E-state index in [2.05, 4.69) is 20.5 Å². The van der Waals surface area contributed by atoms with Crippen LogP contribution in [0.5, 0.6) is 5.88 Å². The van der Waals surface area contributed by atoms with Crippen LogP contribution in [0.25, 0.3) is 0 Å². The second-order valence-electron chi connectivity index (χ2n) is 5.42. The van der Waals surface area contributed by atoms with Crippen LogP contribution in [0, 0.1) is 6.92 Å². The summed E-state index contributed by atoms with van der Waals surface area (Å²) in [6, 6.07) is 3.65. The molecule has 0 aromatic carbocycles. The average Bonchev–Trinajstić information content (AvgIpc) is 2.96. The molecule has 116 valence electrons. The minimum Gasteiger partial charge on any atom is -0.471 e. The van der Waals surface area contributed by atoms with Gasteiger partial charge in [0, 0.05) is 19.7 Å². The fourth-order valence-corrected chi connectivity index (χ4v) is 2.45. The zero-order chi connectivity index (χ0) is 15.5. The van der Waals surface area contributed by atoms with Gasteiger partial charge in [-0.05, 0) is 25.8 Å². The minimum atomic E-state index is -0.114. The summed E-state index contributed by atoms with van der Waals surface area (Å²) in [5.41, 5.74) is 1.20. The van der Waals surface area contributed by atoms with Crippen LogP contribution >= 0.6 is 0 Å². The van der Waals surface area contributed by atoms with Crippen molar-refractivity contribution in [3.63, 3.8) is 0 Å². The van der Waals surface area contributed by atoms with Crippen LogP contribution in [-0.2, 0) is 7.05 Å². The summed E-state index contributed by atoms with van der Waals surface area (Å²) < 4.78 is 7.34. The third-order valence-corrected chi connectivity index (χ3v) is 3.55. The fourth-order valence-electron chi connectivity index (χ4n) is 2.45. The lowest BCUT2D eigenvalue weighted by atomic mass is 10.1. The van der Waals surface area contributed by atoms with Gasteiger partial charge in [-0.15, -0.1) is 10.2 Å². The van der Waals surface area contributed by atoms with Gasteiger partial charge in [0.05, 0.1) is 18.4 Å². The molecule has 0 spiro atoms. The number of piperidine rings is 1. The van der Waals surface area contributed by atoms with E-state index in [-0.39, 0.29) is 12.0 Å². The molecule has 0 aliphatic carbocycles. The Bertz CT molecular complexity index is 654. The SMILES string of the molecule is Cc1ccc(OC2CCCN(C(=O)c3cn(C)nn3)C2)nn1. The van der Waals surface area contributed by atoms with E-state index in [0.29, 0.717) is 24.7 Å². The molecule has 1 amide bonds. The second-order valence-corrected chi connectivity index (χ2v) is 5.42. The molecule has 22 heavy (non-hydrogen) atoms. The largest absolute Gasteiger partial charge is 0.471 e. The molecule has 0 bridgehead atoms. The van der Waals surface area contributed by atoms with Gasteiger partial charge in [0.1, 0.15) is 6.10 Å². The van der Waals surface area contributed by atoms with E-state index in [1.807, 2.05) is 13.0 Å². The van der Waals surface area contributed by atoms with Gasteiger partial charge in [-0.25, -0.2) is 0 Å². The van der Waals surface area contributed by atoms with E-state index >= 15 is 0 Å². The number of carbonyl (C=O) groups is 1. The van der Waals surface area contributed by atoms with E-state index in [4.69, 9.17) is 4.74 Å². The molecule has 1 unspecified atom stereocenters. The summed E-state index contributed by atoms with van der Waals surface area (Å²) in [6.07, 6.45) is 3.32. The van der Waals surface area contributed by atoms with Gasteiger partial charge in [0.2, 0.25) is 5.88 Å². The van der Waals surface area contributed by atoms with Crippen molar-refractivity contribution in [2.45, 2.75) is 25.9 Å². The van der Waals surface area contributed by atoms with Gasteiger partial charge < -0.3 is 9.64 Å². The van der Waals surface area contributed by atoms with Crippen LogP contribution < -0.4 is 4.74 Å². The first-order valence-electron chi connectivity index (χ1n) is 7.24. The van der Waals surface area contributed by atoms with Crippen LogP contribution in [0.4, 0.5) is 0 Å².